The molecule has 0 atom stereocenters. The second-order valence-electron chi connectivity index (χ2n) is 2.57. The highest BCUT2D eigenvalue weighted by atomic mass is 32.2. The van der Waals surface area contributed by atoms with Crippen molar-refractivity contribution in [2.45, 2.75) is 0 Å². The maximum Gasteiger partial charge on any atom is 0.253 e. The highest BCUT2D eigenvalue weighted by Gasteiger charge is 1.96. The van der Waals surface area contributed by atoms with E-state index in [2.05, 4.69) is 11.3 Å². The number of sulfonamides is 1. The van der Waals surface area contributed by atoms with E-state index in [4.69, 9.17) is 0 Å². The van der Waals surface area contributed by atoms with Crippen LogP contribution >= 0.6 is 0 Å². The Morgan fingerprint density at radius 3 is 2.43 bits per heavy atom. The predicted molar refractivity (Wildman–Crippen MR) is 57.7 cm³/mol. The van der Waals surface area contributed by atoms with Gasteiger partial charge in [0.1, 0.15) is 0 Å². The largest absolute Gasteiger partial charge is 0.287 e. The van der Waals surface area contributed by atoms with Gasteiger partial charge in [0, 0.05) is 11.6 Å². The minimum absolute atomic E-state index is 0.863. The third kappa shape index (κ3) is 3.45. The molecule has 0 aliphatic carbocycles. The lowest BCUT2D eigenvalue weighted by Crippen LogP contribution is -2.13. The summed E-state index contributed by atoms with van der Waals surface area (Å²) in [5.74, 6) is 0. The standard InChI is InChI=1S/C10H11NO2S/c1-2-14(12,13)11-9-8-10-6-4-3-5-7-10/h2-9,11H,1H2. The minimum Gasteiger partial charge on any atom is -0.287 e. The molecule has 1 aromatic carbocycles. The van der Waals surface area contributed by atoms with E-state index in [1.54, 1.807) is 6.08 Å². The fraction of sp³-hybridized carbons (Fsp3) is 0. The van der Waals surface area contributed by atoms with Crippen LogP contribution in [0.1, 0.15) is 5.56 Å². The first-order chi connectivity index (χ1) is 6.64. The van der Waals surface area contributed by atoms with Gasteiger partial charge in [0.25, 0.3) is 10.0 Å². The smallest absolute Gasteiger partial charge is 0.253 e. The molecule has 0 radical (unpaired) electrons. The van der Waals surface area contributed by atoms with Crippen LogP contribution in [0.3, 0.4) is 0 Å². The Bertz CT molecular complexity index is 421. The monoisotopic (exact) mass is 209 g/mol. The first kappa shape index (κ1) is 10.5. The molecule has 14 heavy (non-hydrogen) atoms. The molecule has 1 N–H and O–H groups in total. The van der Waals surface area contributed by atoms with Gasteiger partial charge >= 0.3 is 0 Å². The van der Waals surface area contributed by atoms with Crippen LogP contribution < -0.4 is 4.72 Å². The van der Waals surface area contributed by atoms with Crippen LogP contribution in [0.5, 0.6) is 0 Å². The predicted octanol–water partition coefficient (Wildman–Crippen LogP) is 1.72. The molecule has 0 saturated carbocycles. The summed E-state index contributed by atoms with van der Waals surface area (Å²) in [5, 5.41) is 0.863. The van der Waals surface area contributed by atoms with Gasteiger partial charge in [-0.3, -0.25) is 4.72 Å². The van der Waals surface area contributed by atoms with Crippen LogP contribution in [0.4, 0.5) is 0 Å². The van der Waals surface area contributed by atoms with Crippen molar-refractivity contribution in [1.29, 1.82) is 0 Å². The Hall–Kier alpha value is -1.55. The first-order valence-electron chi connectivity index (χ1n) is 4.00. The van der Waals surface area contributed by atoms with E-state index in [9.17, 15) is 8.42 Å². The maximum absolute atomic E-state index is 10.9. The van der Waals surface area contributed by atoms with Crippen molar-refractivity contribution in [1.82, 2.24) is 4.72 Å². The summed E-state index contributed by atoms with van der Waals surface area (Å²) in [7, 11) is -3.36. The molecule has 0 heterocycles. The van der Waals surface area contributed by atoms with Crippen molar-refractivity contribution in [3.63, 3.8) is 0 Å². The number of hydrogen-bond donors (Lipinski definition) is 1. The SMILES string of the molecule is C=CS(=O)(=O)NC=Cc1ccccc1. The Morgan fingerprint density at radius 2 is 1.86 bits per heavy atom. The lowest BCUT2D eigenvalue weighted by atomic mass is 10.2. The zero-order chi connectivity index (χ0) is 10.4. The van der Waals surface area contributed by atoms with E-state index in [-0.39, 0.29) is 0 Å². The maximum atomic E-state index is 10.9. The highest BCUT2D eigenvalue weighted by Crippen LogP contribution is 1.99. The van der Waals surface area contributed by atoms with Crippen molar-refractivity contribution in [3.8, 4) is 0 Å². The summed E-state index contributed by atoms with van der Waals surface area (Å²) >= 11 is 0. The molecule has 0 aromatic heterocycles. The van der Waals surface area contributed by atoms with Gasteiger partial charge < -0.3 is 0 Å². The van der Waals surface area contributed by atoms with Gasteiger partial charge in [0.2, 0.25) is 0 Å². The Kier molecular flexibility index (Phi) is 3.48. The Balaban J connectivity index is 2.63. The minimum atomic E-state index is -3.36. The summed E-state index contributed by atoms with van der Waals surface area (Å²) in [5.41, 5.74) is 0.930. The first-order valence-corrected chi connectivity index (χ1v) is 5.55. The molecular formula is C10H11NO2S. The normalized spacial score (nSPS) is 11.4. The molecule has 0 fully saturated rings. The van der Waals surface area contributed by atoms with E-state index in [1.807, 2.05) is 30.3 Å². The summed E-state index contributed by atoms with van der Waals surface area (Å²) < 4.78 is 24.0. The van der Waals surface area contributed by atoms with Crippen LogP contribution in [0.15, 0.2) is 48.5 Å². The molecule has 0 amide bonds. The molecule has 1 aromatic rings. The third-order valence-corrected chi connectivity index (χ3v) is 2.43. The second kappa shape index (κ2) is 4.62. The Morgan fingerprint density at radius 1 is 1.21 bits per heavy atom. The van der Waals surface area contributed by atoms with Crippen LogP contribution in [-0.2, 0) is 10.0 Å². The molecule has 1 rings (SSSR count). The van der Waals surface area contributed by atoms with Crippen molar-refractivity contribution in [3.05, 3.63) is 54.1 Å². The fourth-order valence-electron chi connectivity index (χ4n) is 0.837. The zero-order valence-corrected chi connectivity index (χ0v) is 8.37. The topological polar surface area (TPSA) is 46.2 Å². The van der Waals surface area contributed by atoms with E-state index >= 15 is 0 Å². The summed E-state index contributed by atoms with van der Waals surface area (Å²) in [6.07, 6.45) is 3.04. The van der Waals surface area contributed by atoms with Gasteiger partial charge in [-0.2, -0.15) is 0 Å². The second-order valence-corrected chi connectivity index (χ2v) is 4.23. The number of rotatable bonds is 4. The van der Waals surface area contributed by atoms with Crippen LogP contribution in [0, 0.1) is 0 Å². The van der Waals surface area contributed by atoms with Gasteiger partial charge in [-0.15, -0.1) is 0 Å². The number of nitrogens with one attached hydrogen (secondary N) is 1. The van der Waals surface area contributed by atoms with Gasteiger partial charge in [-0.25, -0.2) is 8.42 Å². The van der Waals surface area contributed by atoms with Crippen molar-refractivity contribution in [2.75, 3.05) is 0 Å². The molecule has 4 heteroatoms. The average Bonchev–Trinajstić information content (AvgIpc) is 2.19. The number of hydrogen-bond acceptors (Lipinski definition) is 2. The van der Waals surface area contributed by atoms with Crippen molar-refractivity contribution < 1.29 is 8.42 Å². The molecule has 0 unspecified atom stereocenters. The molecule has 0 bridgehead atoms. The van der Waals surface area contributed by atoms with Gasteiger partial charge in [-0.05, 0) is 11.6 Å². The van der Waals surface area contributed by atoms with Crippen LogP contribution in [0.25, 0.3) is 6.08 Å². The molecule has 0 spiro atoms. The van der Waals surface area contributed by atoms with E-state index in [1.165, 1.54) is 6.20 Å². The zero-order valence-electron chi connectivity index (χ0n) is 7.55. The summed E-state index contributed by atoms with van der Waals surface area (Å²) in [6.45, 7) is 3.17. The van der Waals surface area contributed by atoms with Crippen LogP contribution in [-0.4, -0.2) is 8.42 Å². The molecule has 3 nitrogen and oxygen atoms in total. The van der Waals surface area contributed by atoms with Gasteiger partial charge in [0.05, 0.1) is 0 Å². The van der Waals surface area contributed by atoms with Gasteiger partial charge in [-0.1, -0.05) is 36.9 Å². The molecule has 74 valence electrons. The van der Waals surface area contributed by atoms with Crippen LogP contribution in [0.2, 0.25) is 0 Å². The van der Waals surface area contributed by atoms with Crippen molar-refractivity contribution in [2.24, 2.45) is 0 Å². The summed E-state index contributed by atoms with van der Waals surface area (Å²) in [6, 6.07) is 9.39. The average molecular weight is 209 g/mol. The Labute approximate surface area is 83.8 Å². The van der Waals surface area contributed by atoms with E-state index in [0.717, 1.165) is 11.0 Å². The molecule has 0 aliphatic heterocycles. The molecule has 0 saturated heterocycles. The fourth-order valence-corrected chi connectivity index (χ4v) is 1.19. The lowest BCUT2D eigenvalue weighted by molar-refractivity contribution is 0.599. The van der Waals surface area contributed by atoms with Crippen molar-refractivity contribution >= 4 is 16.1 Å². The summed E-state index contributed by atoms with van der Waals surface area (Å²) in [4.78, 5) is 0. The van der Waals surface area contributed by atoms with E-state index < -0.39 is 10.0 Å². The molecular weight excluding hydrogens is 198 g/mol. The van der Waals surface area contributed by atoms with Gasteiger partial charge in [0.15, 0.2) is 0 Å². The third-order valence-electron chi connectivity index (χ3n) is 1.53. The molecule has 0 aliphatic rings. The lowest BCUT2D eigenvalue weighted by Gasteiger charge is -1.95. The quantitative estimate of drug-likeness (QED) is 0.820. The van der Waals surface area contributed by atoms with E-state index in [0.29, 0.717) is 0 Å². The highest BCUT2D eigenvalue weighted by molar-refractivity contribution is 7.92. The number of benzene rings is 1.